The van der Waals surface area contributed by atoms with Crippen molar-refractivity contribution in [1.82, 2.24) is 9.62 Å². The number of sulfonamides is 1. The molecule has 5 nitrogen and oxygen atoms in total. The molecule has 2 aromatic carbocycles. The van der Waals surface area contributed by atoms with Gasteiger partial charge < -0.3 is 5.32 Å². The van der Waals surface area contributed by atoms with Crippen molar-refractivity contribution >= 4 is 31.9 Å². The number of nitrogens with one attached hydrogen (secondary N) is 1. The van der Waals surface area contributed by atoms with E-state index in [2.05, 4.69) is 21.2 Å². The van der Waals surface area contributed by atoms with Crippen LogP contribution in [0.1, 0.15) is 31.0 Å². The average Bonchev–Trinajstić information content (AvgIpc) is 2.59. The molecule has 2 rings (SSSR count). The first-order chi connectivity index (χ1) is 12.2. The highest BCUT2D eigenvalue weighted by Gasteiger charge is 2.25. The van der Waals surface area contributed by atoms with E-state index in [1.54, 1.807) is 31.2 Å². The summed E-state index contributed by atoms with van der Waals surface area (Å²) < 4.78 is 27.6. The van der Waals surface area contributed by atoms with E-state index in [1.807, 2.05) is 38.1 Å². The number of benzene rings is 2. The van der Waals surface area contributed by atoms with Crippen molar-refractivity contribution in [3.63, 3.8) is 0 Å². The molecular weight excluding hydrogens is 416 g/mol. The summed E-state index contributed by atoms with van der Waals surface area (Å²) in [5.74, 6) is -0.338. The van der Waals surface area contributed by atoms with E-state index in [9.17, 15) is 13.2 Å². The number of halogens is 1. The molecule has 0 unspecified atom stereocenters. The van der Waals surface area contributed by atoms with Gasteiger partial charge in [-0.15, -0.1) is 0 Å². The van der Waals surface area contributed by atoms with E-state index < -0.39 is 10.0 Å². The summed E-state index contributed by atoms with van der Waals surface area (Å²) in [4.78, 5) is 12.6. The zero-order valence-corrected chi connectivity index (χ0v) is 17.5. The standard InChI is InChI=1S/C19H23BrN2O3S/c1-4-22(26(24,25)18-10-8-14(2)9-11-18)13-19(23)21-15(3)16-6-5-7-17(20)12-16/h5-12,15H,4,13H2,1-3H3,(H,21,23)/t15-/m1/s1. The molecule has 0 radical (unpaired) electrons. The zero-order chi connectivity index (χ0) is 19.3. The van der Waals surface area contributed by atoms with Crippen molar-refractivity contribution in [2.24, 2.45) is 0 Å². The van der Waals surface area contributed by atoms with Gasteiger partial charge in [0.15, 0.2) is 0 Å². The molecule has 0 aliphatic carbocycles. The van der Waals surface area contributed by atoms with Gasteiger partial charge in [0.2, 0.25) is 15.9 Å². The summed E-state index contributed by atoms with van der Waals surface area (Å²) in [6, 6.07) is 14.0. The molecule has 26 heavy (non-hydrogen) atoms. The maximum Gasteiger partial charge on any atom is 0.243 e. The third kappa shape index (κ3) is 5.16. The van der Waals surface area contributed by atoms with Crippen molar-refractivity contribution < 1.29 is 13.2 Å². The number of rotatable bonds is 7. The van der Waals surface area contributed by atoms with Gasteiger partial charge in [0.25, 0.3) is 0 Å². The Morgan fingerprint density at radius 3 is 2.42 bits per heavy atom. The van der Waals surface area contributed by atoms with E-state index in [1.165, 1.54) is 4.31 Å². The molecule has 1 N–H and O–H groups in total. The number of amides is 1. The predicted octanol–water partition coefficient (Wildman–Crippen LogP) is 3.65. The Morgan fingerprint density at radius 2 is 1.85 bits per heavy atom. The summed E-state index contributed by atoms with van der Waals surface area (Å²) >= 11 is 3.40. The van der Waals surface area contributed by atoms with Crippen LogP contribution in [-0.4, -0.2) is 31.7 Å². The number of carbonyl (C=O) groups excluding carboxylic acids is 1. The predicted molar refractivity (Wildman–Crippen MR) is 106 cm³/mol. The number of hydrogen-bond donors (Lipinski definition) is 1. The minimum absolute atomic E-state index is 0.192. The Bertz CT molecular complexity index is 867. The Balaban J connectivity index is 2.09. The molecule has 0 aromatic heterocycles. The van der Waals surface area contributed by atoms with Crippen LogP contribution in [0.2, 0.25) is 0 Å². The van der Waals surface area contributed by atoms with Gasteiger partial charge in [0.1, 0.15) is 0 Å². The second-order valence-electron chi connectivity index (χ2n) is 6.09. The van der Waals surface area contributed by atoms with Crippen molar-refractivity contribution in [3.05, 3.63) is 64.1 Å². The second kappa shape index (κ2) is 8.79. The van der Waals surface area contributed by atoms with Gasteiger partial charge >= 0.3 is 0 Å². The lowest BCUT2D eigenvalue weighted by Gasteiger charge is -2.22. The monoisotopic (exact) mass is 438 g/mol. The fourth-order valence-electron chi connectivity index (χ4n) is 2.53. The Morgan fingerprint density at radius 1 is 1.19 bits per heavy atom. The SMILES string of the molecule is CCN(CC(=O)N[C@H](C)c1cccc(Br)c1)S(=O)(=O)c1ccc(C)cc1. The first-order valence-corrected chi connectivity index (χ1v) is 10.6. The molecule has 1 atom stereocenters. The summed E-state index contributed by atoms with van der Waals surface area (Å²) in [6.07, 6.45) is 0. The normalized spacial score (nSPS) is 12.8. The van der Waals surface area contributed by atoms with Crippen LogP contribution in [-0.2, 0) is 14.8 Å². The third-order valence-electron chi connectivity index (χ3n) is 4.06. The number of hydrogen-bond acceptors (Lipinski definition) is 3. The summed E-state index contributed by atoms with van der Waals surface area (Å²) in [6.45, 7) is 5.48. The maximum absolute atomic E-state index is 12.8. The van der Waals surface area contributed by atoms with Gasteiger partial charge in [-0.2, -0.15) is 4.31 Å². The van der Waals surface area contributed by atoms with Crippen LogP contribution in [0, 0.1) is 6.92 Å². The van der Waals surface area contributed by atoms with Crippen LogP contribution in [0.15, 0.2) is 57.9 Å². The topological polar surface area (TPSA) is 66.5 Å². The lowest BCUT2D eigenvalue weighted by Crippen LogP contribution is -2.41. The summed E-state index contributed by atoms with van der Waals surface area (Å²) in [5.41, 5.74) is 1.92. The zero-order valence-electron chi connectivity index (χ0n) is 15.1. The van der Waals surface area contributed by atoms with Gasteiger partial charge in [-0.1, -0.05) is 52.7 Å². The molecule has 0 heterocycles. The quantitative estimate of drug-likeness (QED) is 0.717. The van der Waals surface area contributed by atoms with E-state index in [4.69, 9.17) is 0 Å². The Labute approximate surface area is 163 Å². The Hall–Kier alpha value is -1.70. The molecule has 0 fully saturated rings. The van der Waals surface area contributed by atoms with E-state index in [0.29, 0.717) is 0 Å². The molecule has 1 amide bonds. The van der Waals surface area contributed by atoms with Gasteiger partial charge in [0, 0.05) is 11.0 Å². The number of aryl methyl sites for hydroxylation is 1. The average molecular weight is 439 g/mol. The molecular formula is C19H23BrN2O3S. The van der Waals surface area contributed by atoms with Gasteiger partial charge in [-0.05, 0) is 43.7 Å². The highest BCUT2D eigenvalue weighted by atomic mass is 79.9. The van der Waals surface area contributed by atoms with Crippen LogP contribution in [0.3, 0.4) is 0 Å². The number of nitrogens with zero attached hydrogens (tertiary/aromatic N) is 1. The van der Waals surface area contributed by atoms with E-state index >= 15 is 0 Å². The van der Waals surface area contributed by atoms with Crippen molar-refractivity contribution in [2.75, 3.05) is 13.1 Å². The van der Waals surface area contributed by atoms with Crippen LogP contribution >= 0.6 is 15.9 Å². The second-order valence-corrected chi connectivity index (χ2v) is 8.94. The first kappa shape index (κ1) is 20.6. The molecule has 0 aliphatic rings. The van der Waals surface area contributed by atoms with Crippen LogP contribution in [0.25, 0.3) is 0 Å². The molecule has 0 bridgehead atoms. The first-order valence-electron chi connectivity index (χ1n) is 8.35. The summed E-state index contributed by atoms with van der Waals surface area (Å²) in [5, 5.41) is 2.85. The van der Waals surface area contributed by atoms with Crippen molar-refractivity contribution in [1.29, 1.82) is 0 Å². The highest BCUT2D eigenvalue weighted by molar-refractivity contribution is 9.10. The minimum atomic E-state index is -3.71. The molecule has 0 spiro atoms. The van der Waals surface area contributed by atoms with Crippen LogP contribution < -0.4 is 5.32 Å². The number of carbonyl (C=O) groups is 1. The van der Waals surface area contributed by atoms with E-state index in [0.717, 1.165) is 15.6 Å². The molecule has 2 aromatic rings. The van der Waals surface area contributed by atoms with Gasteiger partial charge in [-0.3, -0.25) is 4.79 Å². The van der Waals surface area contributed by atoms with Gasteiger partial charge in [-0.25, -0.2) is 8.42 Å². The number of likely N-dealkylation sites (N-methyl/N-ethyl adjacent to an activating group) is 1. The maximum atomic E-state index is 12.8. The van der Waals surface area contributed by atoms with Crippen LogP contribution in [0.4, 0.5) is 0 Å². The fraction of sp³-hybridized carbons (Fsp3) is 0.316. The largest absolute Gasteiger partial charge is 0.348 e. The highest BCUT2D eigenvalue weighted by Crippen LogP contribution is 2.19. The smallest absolute Gasteiger partial charge is 0.243 e. The molecule has 140 valence electrons. The third-order valence-corrected chi connectivity index (χ3v) is 6.49. The van der Waals surface area contributed by atoms with Gasteiger partial charge in [0.05, 0.1) is 17.5 Å². The molecule has 0 saturated carbocycles. The van der Waals surface area contributed by atoms with Crippen molar-refractivity contribution in [3.8, 4) is 0 Å². The lowest BCUT2D eigenvalue weighted by atomic mass is 10.1. The molecule has 7 heteroatoms. The Kier molecular flexibility index (Phi) is 6.97. The van der Waals surface area contributed by atoms with E-state index in [-0.39, 0.29) is 29.9 Å². The fourth-order valence-corrected chi connectivity index (χ4v) is 4.35. The molecule has 0 saturated heterocycles. The minimum Gasteiger partial charge on any atom is -0.348 e. The van der Waals surface area contributed by atoms with Crippen molar-refractivity contribution in [2.45, 2.75) is 31.7 Å². The lowest BCUT2D eigenvalue weighted by molar-refractivity contribution is -0.121. The van der Waals surface area contributed by atoms with Crippen LogP contribution in [0.5, 0.6) is 0 Å². The molecule has 0 aliphatic heterocycles. The summed E-state index contributed by atoms with van der Waals surface area (Å²) in [7, 11) is -3.71.